The first-order chi connectivity index (χ1) is 14.7. The van der Waals surface area contributed by atoms with Crippen molar-refractivity contribution in [3.63, 3.8) is 0 Å². The number of aromatic nitrogens is 1. The molecule has 3 aromatic rings. The molecule has 0 aliphatic rings. The lowest BCUT2D eigenvalue weighted by Crippen LogP contribution is -2.34. The monoisotopic (exact) mass is 562 g/mol. The summed E-state index contributed by atoms with van der Waals surface area (Å²) in [5, 5.41) is 12.7. The number of aliphatic imine (C=N–C) groups is 1. The van der Waals surface area contributed by atoms with Gasteiger partial charge in [-0.05, 0) is 36.2 Å². The van der Waals surface area contributed by atoms with Crippen molar-refractivity contribution in [2.24, 2.45) is 4.99 Å². The Morgan fingerprint density at radius 2 is 1.78 bits per heavy atom. The molecule has 2 aromatic carbocycles. The van der Waals surface area contributed by atoms with Crippen LogP contribution in [0.25, 0.3) is 0 Å². The Bertz CT molecular complexity index is 1210. The van der Waals surface area contributed by atoms with Crippen molar-refractivity contribution in [1.29, 1.82) is 0 Å². The number of hydrogen-bond donors (Lipinski definition) is 0. The zero-order valence-corrected chi connectivity index (χ0v) is 20.5. The van der Waals surface area contributed by atoms with Gasteiger partial charge >= 0.3 is 10.2 Å². The molecule has 32 heavy (non-hydrogen) atoms. The summed E-state index contributed by atoms with van der Waals surface area (Å²) in [4.78, 5) is 3.61. The van der Waals surface area contributed by atoms with Crippen molar-refractivity contribution in [2.75, 3.05) is 6.61 Å². The molecule has 0 saturated heterocycles. The number of benzene rings is 2. The molecule has 0 aliphatic carbocycles. The molecule has 6 nitrogen and oxygen atoms in total. The van der Waals surface area contributed by atoms with Gasteiger partial charge in [0, 0.05) is 23.3 Å². The molecule has 170 valence electrons. The molecule has 1 aromatic heterocycles. The maximum Gasteiger partial charge on any atom is 0.332 e. The van der Waals surface area contributed by atoms with Gasteiger partial charge in [0.15, 0.2) is 18.9 Å². The number of hydrogen-bond acceptors (Lipinski definition) is 5. The number of ether oxygens (including phenoxy) is 1. The smallest absolute Gasteiger partial charge is 0.332 e. The Hall–Kier alpha value is -2.20. The number of pyridine rings is 1. The Kier molecular flexibility index (Phi) is 9.45. The minimum Gasteiger partial charge on any atom is -0.860 e. The fourth-order valence-electron chi connectivity index (χ4n) is 2.67. The summed E-state index contributed by atoms with van der Waals surface area (Å²) in [6.45, 7) is 0.382. The number of halogens is 4. The molecule has 0 bridgehead atoms. The van der Waals surface area contributed by atoms with E-state index in [1.165, 1.54) is 18.2 Å². The van der Waals surface area contributed by atoms with Gasteiger partial charge in [0.05, 0.1) is 21.5 Å². The summed E-state index contributed by atoms with van der Waals surface area (Å²) < 4.78 is 42.0. The van der Waals surface area contributed by atoms with Gasteiger partial charge in [-0.25, -0.2) is 4.57 Å². The first-order valence-electron chi connectivity index (χ1n) is 9.00. The van der Waals surface area contributed by atoms with E-state index < -0.39 is 16.1 Å². The third-order valence-electron chi connectivity index (χ3n) is 4.18. The summed E-state index contributed by atoms with van der Waals surface area (Å²) in [6.07, 6.45) is 3.63. The molecule has 0 unspecified atom stereocenters. The molecule has 0 amide bonds. The largest absolute Gasteiger partial charge is 0.860 e. The second-order valence-corrected chi connectivity index (χ2v) is 8.70. The standard InChI is InChI=1S/C21H17Cl2FN2O4S.BrH/c22-19-8-5-17(10-20(19)23)30-14-21(27)25-11-16-2-1-9-26(13-16)12-15-3-6-18(7-4-15)31(24,28)29;/h1-10,13H,11-12,14H2;1H. The summed E-state index contributed by atoms with van der Waals surface area (Å²) in [7, 11) is -4.72. The first kappa shape index (κ1) is 26.1. The molecule has 3 rings (SSSR count). The van der Waals surface area contributed by atoms with Gasteiger partial charge in [0.2, 0.25) is 0 Å². The molecular formula is C21H18BrCl2FN2O4S. The Morgan fingerprint density at radius 1 is 1.06 bits per heavy atom. The van der Waals surface area contributed by atoms with Gasteiger partial charge in [-0.3, -0.25) is 4.99 Å². The maximum atomic E-state index is 13.0. The van der Waals surface area contributed by atoms with Crippen LogP contribution in [0.2, 0.25) is 10.0 Å². The lowest BCUT2D eigenvalue weighted by molar-refractivity contribution is -0.688. The van der Waals surface area contributed by atoms with Gasteiger partial charge in [-0.15, -0.1) is 20.9 Å². The van der Waals surface area contributed by atoms with Crippen molar-refractivity contribution in [2.45, 2.75) is 18.0 Å². The van der Waals surface area contributed by atoms with E-state index >= 15 is 0 Å². The third-order valence-corrected chi connectivity index (χ3v) is 5.76. The summed E-state index contributed by atoms with van der Waals surface area (Å²) in [5.41, 5.74) is 1.59. The summed E-state index contributed by atoms with van der Waals surface area (Å²) >= 11 is 11.7. The van der Waals surface area contributed by atoms with Crippen LogP contribution >= 0.6 is 40.2 Å². The molecule has 0 saturated carbocycles. The second kappa shape index (κ2) is 11.6. The van der Waals surface area contributed by atoms with Crippen LogP contribution in [-0.2, 0) is 23.3 Å². The Morgan fingerprint density at radius 3 is 2.44 bits per heavy atom. The van der Waals surface area contributed by atoms with E-state index in [2.05, 4.69) is 4.99 Å². The van der Waals surface area contributed by atoms with E-state index in [1.54, 1.807) is 24.3 Å². The van der Waals surface area contributed by atoms with Crippen LogP contribution in [0.3, 0.4) is 0 Å². The highest BCUT2D eigenvalue weighted by Gasteiger charge is 2.12. The van der Waals surface area contributed by atoms with Crippen LogP contribution in [0.5, 0.6) is 5.75 Å². The second-order valence-electron chi connectivity index (χ2n) is 6.54. The Balaban J connectivity index is 0.00000363. The normalized spacial score (nSPS) is 11.7. The zero-order valence-electron chi connectivity index (χ0n) is 16.4. The minimum absolute atomic E-state index is 0. The van der Waals surface area contributed by atoms with Crippen LogP contribution < -0.4 is 14.4 Å². The molecule has 1 heterocycles. The summed E-state index contributed by atoms with van der Waals surface area (Å²) in [6, 6.07) is 13.9. The van der Waals surface area contributed by atoms with Crippen molar-refractivity contribution in [3.05, 3.63) is 88.2 Å². The maximum absolute atomic E-state index is 13.0. The average molecular weight is 564 g/mol. The van der Waals surface area contributed by atoms with Crippen molar-refractivity contribution < 1.29 is 26.7 Å². The van der Waals surface area contributed by atoms with Gasteiger partial charge in [0.1, 0.15) is 12.4 Å². The Labute approximate surface area is 205 Å². The topological polar surface area (TPSA) is 82.7 Å². The minimum atomic E-state index is -4.72. The molecule has 11 heteroatoms. The van der Waals surface area contributed by atoms with Crippen molar-refractivity contribution in [3.8, 4) is 5.75 Å². The van der Waals surface area contributed by atoms with E-state index in [0.29, 0.717) is 22.3 Å². The van der Waals surface area contributed by atoms with Gasteiger partial charge in [-0.1, -0.05) is 35.3 Å². The van der Waals surface area contributed by atoms with Crippen LogP contribution in [0.4, 0.5) is 3.89 Å². The van der Waals surface area contributed by atoms with Crippen molar-refractivity contribution >= 4 is 56.3 Å². The molecule has 0 N–H and O–H groups in total. The quantitative estimate of drug-likeness (QED) is 0.180. The van der Waals surface area contributed by atoms with Gasteiger partial charge < -0.3 is 9.84 Å². The van der Waals surface area contributed by atoms with E-state index in [9.17, 15) is 17.4 Å². The SMILES string of the molecule is Br.O=S(=O)(F)c1ccc(C[n+]2cccc(CN=C([O-])COc3ccc(Cl)c(Cl)c3)c2)cc1. The van der Waals surface area contributed by atoms with Crippen LogP contribution in [0, 0.1) is 0 Å². The highest BCUT2D eigenvalue weighted by Crippen LogP contribution is 2.26. The van der Waals surface area contributed by atoms with Crippen LogP contribution in [-0.4, -0.2) is 20.9 Å². The van der Waals surface area contributed by atoms with E-state index in [1.807, 2.05) is 29.1 Å². The molecule has 0 aliphatic heterocycles. The van der Waals surface area contributed by atoms with Gasteiger partial charge in [0.25, 0.3) is 0 Å². The molecule has 0 radical (unpaired) electrons. The zero-order chi connectivity index (χ0) is 22.4. The lowest BCUT2D eigenvalue weighted by atomic mass is 10.2. The highest BCUT2D eigenvalue weighted by atomic mass is 79.9. The fourth-order valence-corrected chi connectivity index (χ4v) is 3.42. The average Bonchev–Trinajstić information content (AvgIpc) is 2.73. The predicted molar refractivity (Wildman–Crippen MR) is 124 cm³/mol. The van der Waals surface area contributed by atoms with Crippen molar-refractivity contribution in [1.82, 2.24) is 0 Å². The molecule has 0 fully saturated rings. The molecule has 0 atom stereocenters. The van der Waals surface area contributed by atoms with Crippen LogP contribution in [0.1, 0.15) is 11.1 Å². The first-order valence-corrected chi connectivity index (χ1v) is 11.1. The molecule has 0 spiro atoms. The van der Waals surface area contributed by atoms with E-state index in [4.69, 9.17) is 27.9 Å². The molecular weight excluding hydrogens is 546 g/mol. The van der Waals surface area contributed by atoms with Crippen LogP contribution in [0.15, 0.2) is 76.9 Å². The van der Waals surface area contributed by atoms with Gasteiger partial charge in [-0.2, -0.15) is 8.42 Å². The summed E-state index contributed by atoms with van der Waals surface area (Å²) in [5.74, 6) is -0.00780. The number of nitrogens with zero attached hydrogens (tertiary/aromatic N) is 2. The highest BCUT2D eigenvalue weighted by molar-refractivity contribution is 8.93. The predicted octanol–water partition coefficient (Wildman–Crippen LogP) is 3.90. The lowest BCUT2D eigenvalue weighted by Gasteiger charge is -2.12. The third kappa shape index (κ3) is 7.74. The fraction of sp³-hybridized carbons (Fsp3) is 0.143. The van der Waals surface area contributed by atoms with E-state index in [-0.39, 0.29) is 35.0 Å². The number of rotatable bonds is 8. The van der Waals surface area contributed by atoms with E-state index in [0.717, 1.165) is 11.1 Å².